The predicted octanol–water partition coefficient (Wildman–Crippen LogP) is 4.14. The molecule has 0 aliphatic heterocycles. The molecule has 1 N–H and O–H groups in total. The van der Waals surface area contributed by atoms with E-state index in [0.29, 0.717) is 0 Å². The highest BCUT2D eigenvalue weighted by Crippen LogP contribution is 2.34. The van der Waals surface area contributed by atoms with E-state index in [2.05, 4.69) is 40.5 Å². The van der Waals surface area contributed by atoms with Crippen LogP contribution in [-0.4, -0.2) is 29.6 Å². The first-order chi connectivity index (χ1) is 10.3. The summed E-state index contributed by atoms with van der Waals surface area (Å²) < 4.78 is 0. The Morgan fingerprint density at radius 2 is 2.14 bits per heavy atom. The van der Waals surface area contributed by atoms with Crippen molar-refractivity contribution in [1.82, 2.24) is 9.97 Å². The lowest BCUT2D eigenvalue weighted by Gasteiger charge is -2.24. The van der Waals surface area contributed by atoms with Gasteiger partial charge in [0.2, 0.25) is 5.95 Å². The number of fused-ring (bicyclic) bond motifs is 1. The molecule has 0 atom stereocenters. The van der Waals surface area contributed by atoms with Gasteiger partial charge in [0, 0.05) is 19.6 Å². The van der Waals surface area contributed by atoms with Crippen LogP contribution in [0.3, 0.4) is 0 Å². The van der Waals surface area contributed by atoms with Gasteiger partial charge in [0.15, 0.2) is 0 Å². The minimum Gasteiger partial charge on any atom is -0.356 e. The normalized spacial score (nSPS) is 14.6. The van der Waals surface area contributed by atoms with Crippen molar-refractivity contribution in [3.8, 4) is 0 Å². The zero-order chi connectivity index (χ0) is 14.7. The number of anilines is 2. The predicted molar refractivity (Wildman–Crippen MR) is 91.4 cm³/mol. The van der Waals surface area contributed by atoms with Crippen LogP contribution < -0.4 is 10.2 Å². The second-order valence-electron chi connectivity index (χ2n) is 5.83. The van der Waals surface area contributed by atoms with Crippen LogP contribution >= 0.6 is 11.3 Å². The molecule has 0 radical (unpaired) electrons. The number of nitrogens with zero attached hydrogens (tertiary/aromatic N) is 3. The minimum atomic E-state index is 0.777. The smallest absolute Gasteiger partial charge is 0.226 e. The Morgan fingerprint density at radius 1 is 1.29 bits per heavy atom. The van der Waals surface area contributed by atoms with Gasteiger partial charge < -0.3 is 10.2 Å². The number of aromatic nitrogens is 2. The number of hydrogen-bond donors (Lipinski definition) is 1. The maximum absolute atomic E-state index is 4.82. The Labute approximate surface area is 130 Å². The van der Waals surface area contributed by atoms with Gasteiger partial charge in [0.05, 0.1) is 5.39 Å². The second kappa shape index (κ2) is 6.60. The topological polar surface area (TPSA) is 41.1 Å². The Hall–Kier alpha value is -1.36. The molecule has 114 valence electrons. The average molecular weight is 304 g/mol. The van der Waals surface area contributed by atoms with Crippen LogP contribution in [0.2, 0.25) is 0 Å². The minimum absolute atomic E-state index is 0.777. The van der Waals surface area contributed by atoms with Crippen LogP contribution in [0.15, 0.2) is 11.4 Å². The van der Waals surface area contributed by atoms with Crippen LogP contribution in [0.1, 0.15) is 39.5 Å². The van der Waals surface area contributed by atoms with Crippen molar-refractivity contribution in [2.45, 2.75) is 39.5 Å². The van der Waals surface area contributed by atoms with E-state index in [-0.39, 0.29) is 0 Å². The highest BCUT2D eigenvalue weighted by Gasteiger charge is 2.26. The molecule has 1 aliphatic carbocycles. The molecular formula is C16H24N4S. The maximum atomic E-state index is 4.82. The molecule has 0 bridgehead atoms. The van der Waals surface area contributed by atoms with Gasteiger partial charge in [0.1, 0.15) is 10.6 Å². The molecule has 1 saturated carbocycles. The van der Waals surface area contributed by atoms with Crippen LogP contribution in [0, 0.1) is 5.92 Å². The molecule has 0 amide bonds. The maximum Gasteiger partial charge on any atom is 0.226 e. The summed E-state index contributed by atoms with van der Waals surface area (Å²) in [5, 5.41) is 6.66. The second-order valence-corrected chi connectivity index (χ2v) is 6.72. The van der Waals surface area contributed by atoms with Crippen molar-refractivity contribution in [1.29, 1.82) is 0 Å². The van der Waals surface area contributed by atoms with Crippen molar-refractivity contribution < 1.29 is 0 Å². The molecule has 0 saturated heterocycles. The van der Waals surface area contributed by atoms with Gasteiger partial charge in [-0.1, -0.05) is 13.8 Å². The van der Waals surface area contributed by atoms with E-state index >= 15 is 0 Å². The summed E-state index contributed by atoms with van der Waals surface area (Å²) >= 11 is 1.70. The van der Waals surface area contributed by atoms with Gasteiger partial charge in [-0.2, -0.15) is 4.98 Å². The first kappa shape index (κ1) is 14.6. The first-order valence-electron chi connectivity index (χ1n) is 8.05. The monoisotopic (exact) mass is 304 g/mol. The lowest BCUT2D eigenvalue weighted by Crippen LogP contribution is -2.28. The summed E-state index contributed by atoms with van der Waals surface area (Å²) in [6.45, 7) is 7.54. The first-order valence-corrected chi connectivity index (χ1v) is 8.93. The highest BCUT2D eigenvalue weighted by atomic mass is 32.1. The van der Waals surface area contributed by atoms with Crippen molar-refractivity contribution in [3.63, 3.8) is 0 Å². The average Bonchev–Trinajstić information content (AvgIpc) is 3.18. The Morgan fingerprint density at radius 3 is 2.86 bits per heavy atom. The summed E-state index contributed by atoms with van der Waals surface area (Å²) in [4.78, 5) is 13.0. The summed E-state index contributed by atoms with van der Waals surface area (Å²) in [6.07, 6.45) is 4.99. The molecule has 2 aromatic heterocycles. The molecule has 2 aromatic rings. The van der Waals surface area contributed by atoms with E-state index in [1.165, 1.54) is 18.2 Å². The lowest BCUT2D eigenvalue weighted by atomic mass is 10.3. The van der Waals surface area contributed by atoms with Crippen molar-refractivity contribution in [2.24, 2.45) is 5.92 Å². The van der Waals surface area contributed by atoms with E-state index in [4.69, 9.17) is 4.98 Å². The molecule has 3 rings (SSSR count). The fourth-order valence-electron chi connectivity index (χ4n) is 2.56. The van der Waals surface area contributed by atoms with E-state index in [9.17, 15) is 0 Å². The summed E-state index contributed by atoms with van der Waals surface area (Å²) in [5.74, 6) is 2.76. The van der Waals surface area contributed by atoms with Gasteiger partial charge in [-0.05, 0) is 43.0 Å². The van der Waals surface area contributed by atoms with Crippen LogP contribution in [0.25, 0.3) is 10.2 Å². The van der Waals surface area contributed by atoms with Crippen molar-refractivity contribution in [3.05, 3.63) is 11.4 Å². The molecule has 1 aliphatic rings. The summed E-state index contributed by atoms with van der Waals surface area (Å²) in [5.41, 5.74) is 0. The molecule has 0 aromatic carbocycles. The van der Waals surface area contributed by atoms with Gasteiger partial charge in [0.25, 0.3) is 0 Å². The van der Waals surface area contributed by atoms with E-state index in [1.807, 2.05) is 0 Å². The van der Waals surface area contributed by atoms with E-state index in [1.54, 1.807) is 11.3 Å². The Balaban J connectivity index is 1.94. The zero-order valence-electron chi connectivity index (χ0n) is 12.9. The van der Waals surface area contributed by atoms with Gasteiger partial charge >= 0.3 is 0 Å². The molecule has 0 unspecified atom stereocenters. The van der Waals surface area contributed by atoms with Gasteiger partial charge in [-0.3, -0.25) is 0 Å². The van der Waals surface area contributed by atoms with Gasteiger partial charge in [-0.15, -0.1) is 11.3 Å². The highest BCUT2D eigenvalue weighted by molar-refractivity contribution is 7.16. The lowest BCUT2D eigenvalue weighted by molar-refractivity contribution is 0.701. The number of hydrogen-bond acceptors (Lipinski definition) is 5. The quantitative estimate of drug-likeness (QED) is 0.796. The SMILES string of the molecule is CCCNc1nc(N(CCC)CC2CC2)c2ccsc2n1. The zero-order valence-corrected chi connectivity index (χ0v) is 13.7. The number of rotatable bonds is 8. The van der Waals surface area contributed by atoms with Crippen LogP contribution in [-0.2, 0) is 0 Å². The van der Waals surface area contributed by atoms with Crippen LogP contribution in [0.5, 0.6) is 0 Å². The molecule has 4 nitrogen and oxygen atoms in total. The van der Waals surface area contributed by atoms with E-state index in [0.717, 1.165) is 55.0 Å². The largest absolute Gasteiger partial charge is 0.356 e. The van der Waals surface area contributed by atoms with Crippen LogP contribution in [0.4, 0.5) is 11.8 Å². The molecule has 21 heavy (non-hydrogen) atoms. The van der Waals surface area contributed by atoms with E-state index < -0.39 is 0 Å². The third-order valence-electron chi connectivity index (χ3n) is 3.81. The third-order valence-corrected chi connectivity index (χ3v) is 4.61. The number of thiophene rings is 1. The fraction of sp³-hybridized carbons (Fsp3) is 0.625. The number of nitrogens with one attached hydrogen (secondary N) is 1. The standard InChI is InChI=1S/C16H24N4S/c1-3-8-17-16-18-14(13-7-10-21-15(13)19-16)20(9-4-2)11-12-5-6-12/h7,10,12H,3-6,8-9,11H2,1-2H3,(H,17,18,19). The Bertz CT molecular complexity index is 591. The summed E-state index contributed by atoms with van der Waals surface area (Å²) in [7, 11) is 0. The fourth-order valence-corrected chi connectivity index (χ4v) is 3.32. The summed E-state index contributed by atoms with van der Waals surface area (Å²) in [6, 6.07) is 2.16. The molecule has 5 heteroatoms. The third kappa shape index (κ3) is 3.46. The van der Waals surface area contributed by atoms with Crippen molar-refractivity contribution in [2.75, 3.05) is 29.9 Å². The van der Waals surface area contributed by atoms with Gasteiger partial charge in [-0.25, -0.2) is 4.98 Å². The Kier molecular flexibility index (Phi) is 4.58. The molecule has 0 spiro atoms. The molecular weight excluding hydrogens is 280 g/mol. The van der Waals surface area contributed by atoms with Crippen molar-refractivity contribution >= 4 is 33.3 Å². The molecule has 2 heterocycles. The molecule has 1 fully saturated rings.